The fourth-order valence-electron chi connectivity index (χ4n) is 8.51. The maximum absolute atomic E-state index is 14.8. The zero-order valence-electron chi connectivity index (χ0n) is 34.7. The number of anilines is 2. The van der Waals surface area contributed by atoms with Crippen LogP contribution in [0.25, 0.3) is 11.3 Å². The van der Waals surface area contributed by atoms with Crippen LogP contribution >= 0.6 is 0 Å². The van der Waals surface area contributed by atoms with Gasteiger partial charge in [-0.25, -0.2) is 23.1 Å². The number of carbonyl (C=O) groups excluding carboxylic acids is 1. The van der Waals surface area contributed by atoms with Gasteiger partial charge in [0.1, 0.15) is 12.4 Å². The van der Waals surface area contributed by atoms with E-state index in [0.29, 0.717) is 23.6 Å². The largest absolute Gasteiger partial charge is 0.475 e. The molecule has 56 heavy (non-hydrogen) atoms. The number of nitrogens with one attached hydrogen (secondary N) is 1. The number of carbonyl (C=O) groups is 1. The van der Waals surface area contributed by atoms with E-state index in [1.54, 1.807) is 17.0 Å². The summed E-state index contributed by atoms with van der Waals surface area (Å²) >= 11 is 0. The molecule has 0 radical (unpaired) electrons. The molecule has 0 unspecified atom stereocenters. The molecule has 1 saturated carbocycles. The normalized spacial score (nSPS) is 17.8. The van der Waals surface area contributed by atoms with E-state index in [1.165, 1.54) is 49.8 Å². The van der Waals surface area contributed by atoms with Gasteiger partial charge in [0.25, 0.3) is 15.9 Å². The first-order valence-electron chi connectivity index (χ1n) is 20.3. The summed E-state index contributed by atoms with van der Waals surface area (Å²) in [6, 6.07) is 18.5. The number of hydrogen-bond acceptors (Lipinski definition) is 8. The summed E-state index contributed by atoms with van der Waals surface area (Å²) in [6.07, 6.45) is 7.71. The molecule has 300 valence electrons. The fraction of sp³-hybridized carbons (Fsp3) is 0.511. The average Bonchev–Trinajstić information content (AvgIpc) is 3.13. The summed E-state index contributed by atoms with van der Waals surface area (Å²) in [5.41, 5.74) is 5.37. The first-order valence-corrected chi connectivity index (χ1v) is 21.8. The van der Waals surface area contributed by atoms with E-state index in [-0.39, 0.29) is 58.8 Å². The number of fused-ring (bicyclic) bond motifs is 4. The smallest absolute Gasteiger partial charge is 0.264 e. The number of sulfonamides is 1. The summed E-state index contributed by atoms with van der Waals surface area (Å²) in [6.45, 7) is 19.4. The van der Waals surface area contributed by atoms with Gasteiger partial charge in [0.2, 0.25) is 11.8 Å². The van der Waals surface area contributed by atoms with Gasteiger partial charge in [-0.2, -0.15) is 4.98 Å². The molecule has 1 amide bonds. The number of rotatable bonds is 9. The molecule has 0 spiro atoms. The van der Waals surface area contributed by atoms with Crippen LogP contribution in [0.2, 0.25) is 0 Å². The molecule has 0 saturated heterocycles. The lowest BCUT2D eigenvalue weighted by atomic mass is 9.82. The lowest BCUT2D eigenvalue weighted by Gasteiger charge is -2.36. The van der Waals surface area contributed by atoms with Crippen LogP contribution in [0.5, 0.6) is 5.88 Å². The number of aryl methyl sites for hydroxylation is 1. The van der Waals surface area contributed by atoms with Crippen molar-refractivity contribution in [2.45, 2.75) is 137 Å². The molecule has 2 aromatic heterocycles. The Balaban J connectivity index is 1.49. The monoisotopic (exact) mass is 780 g/mol. The summed E-state index contributed by atoms with van der Waals surface area (Å²) in [5.74, 6) is 1.32. The standard InChI is InChI=1S/C45H60N6O4S/c1-29(2)51(30(3)4)39-23-15-21-36(46-39)27-50-37(26-45(7,8)9)28-55-42-32(6)41(40-31(5)16-13-19-34(40)24-33-17-11-10-12-18-33)47-44(48-42)49-56(53,54)38-22-14-20-35(25-38)43(50)52/h13-16,19-23,25,29-30,33,37H,10-12,17-18,24,26-28H2,1-9H3,(H,47,48,49)/t37-/m1/s1. The molecule has 3 heterocycles. The van der Waals surface area contributed by atoms with E-state index in [9.17, 15) is 13.2 Å². The van der Waals surface area contributed by atoms with E-state index in [4.69, 9.17) is 19.7 Å². The molecule has 1 aliphatic heterocycles. The second kappa shape index (κ2) is 16.9. The molecule has 11 heteroatoms. The number of hydrogen-bond donors (Lipinski definition) is 1. The van der Waals surface area contributed by atoms with Crippen molar-refractivity contribution in [2.75, 3.05) is 16.2 Å². The van der Waals surface area contributed by atoms with Crippen molar-refractivity contribution in [1.82, 2.24) is 19.9 Å². The van der Waals surface area contributed by atoms with E-state index < -0.39 is 16.1 Å². The summed E-state index contributed by atoms with van der Waals surface area (Å²) < 4.78 is 37.5. The van der Waals surface area contributed by atoms with Crippen molar-refractivity contribution in [1.29, 1.82) is 0 Å². The van der Waals surface area contributed by atoms with Crippen LogP contribution in [-0.2, 0) is 23.0 Å². The first kappa shape index (κ1) is 41.1. The minimum absolute atomic E-state index is 0.0541. The van der Waals surface area contributed by atoms with Gasteiger partial charge in [0.05, 0.1) is 28.9 Å². The molecule has 1 N–H and O–H groups in total. The molecular formula is C45H60N6O4S. The van der Waals surface area contributed by atoms with Gasteiger partial charge in [-0.1, -0.05) is 83.2 Å². The Morgan fingerprint density at radius 1 is 0.911 bits per heavy atom. The quantitative estimate of drug-likeness (QED) is 0.179. The Morgan fingerprint density at radius 2 is 1.61 bits per heavy atom. The summed E-state index contributed by atoms with van der Waals surface area (Å²) in [5, 5.41) is 0. The minimum Gasteiger partial charge on any atom is -0.475 e. The van der Waals surface area contributed by atoms with Gasteiger partial charge in [0.15, 0.2) is 0 Å². The van der Waals surface area contributed by atoms with Crippen molar-refractivity contribution in [3.63, 3.8) is 0 Å². The fourth-order valence-corrected chi connectivity index (χ4v) is 9.50. The van der Waals surface area contributed by atoms with Crippen LogP contribution in [0.1, 0.15) is 120 Å². The highest BCUT2D eigenvalue weighted by Crippen LogP contribution is 2.37. The maximum Gasteiger partial charge on any atom is 0.264 e. The highest BCUT2D eigenvalue weighted by Gasteiger charge is 2.33. The maximum atomic E-state index is 14.8. The van der Waals surface area contributed by atoms with Crippen molar-refractivity contribution in [3.05, 3.63) is 88.6 Å². The predicted octanol–water partition coefficient (Wildman–Crippen LogP) is 9.54. The third-order valence-corrected chi connectivity index (χ3v) is 12.3. The molecule has 2 aromatic carbocycles. The van der Waals surface area contributed by atoms with Gasteiger partial charge < -0.3 is 14.5 Å². The van der Waals surface area contributed by atoms with Gasteiger partial charge in [-0.05, 0) is 107 Å². The molecule has 4 bridgehead atoms. The second-order valence-electron chi connectivity index (χ2n) is 17.5. The Hall–Kier alpha value is -4.51. The third kappa shape index (κ3) is 9.53. The molecule has 1 fully saturated rings. The highest BCUT2D eigenvalue weighted by molar-refractivity contribution is 7.92. The minimum atomic E-state index is -4.21. The van der Waals surface area contributed by atoms with E-state index >= 15 is 0 Å². The molecule has 1 aliphatic carbocycles. The molecule has 6 rings (SSSR count). The molecule has 1 atom stereocenters. The lowest BCUT2D eigenvalue weighted by Crippen LogP contribution is -2.45. The average molecular weight is 781 g/mol. The van der Waals surface area contributed by atoms with Crippen LogP contribution in [0.3, 0.4) is 0 Å². The van der Waals surface area contributed by atoms with Crippen LogP contribution in [-0.4, -0.2) is 58.9 Å². The second-order valence-corrected chi connectivity index (χ2v) is 19.2. The zero-order valence-corrected chi connectivity index (χ0v) is 35.5. The van der Waals surface area contributed by atoms with Gasteiger partial charge >= 0.3 is 0 Å². The summed E-state index contributed by atoms with van der Waals surface area (Å²) in [7, 11) is -4.21. The molecule has 4 aromatic rings. The SMILES string of the molecule is Cc1cccc(CC2CCCCC2)c1-c1nc2nc(c1C)OC[C@@H](CC(C)(C)C)N(Cc1cccc(N(C(C)C)C(C)C)n1)C(=O)c1cccc(c1)S(=O)(=O)N2. The van der Waals surface area contributed by atoms with Crippen LogP contribution in [0.4, 0.5) is 11.8 Å². The van der Waals surface area contributed by atoms with Gasteiger partial charge in [-0.3, -0.25) is 4.79 Å². The van der Waals surface area contributed by atoms with Crippen LogP contribution in [0, 0.1) is 25.2 Å². The Bertz CT molecular complexity index is 2130. The predicted molar refractivity (Wildman–Crippen MR) is 225 cm³/mol. The van der Waals surface area contributed by atoms with Crippen LogP contribution in [0.15, 0.2) is 65.6 Å². The Labute approximate surface area is 334 Å². The highest BCUT2D eigenvalue weighted by atomic mass is 32.2. The van der Waals surface area contributed by atoms with Crippen LogP contribution < -0.4 is 14.4 Å². The number of benzene rings is 2. The van der Waals surface area contributed by atoms with Crippen molar-refractivity contribution in [3.8, 4) is 17.1 Å². The van der Waals surface area contributed by atoms with Crippen molar-refractivity contribution >= 4 is 27.7 Å². The Kier molecular flexibility index (Phi) is 12.4. The molecule has 10 nitrogen and oxygen atoms in total. The number of aromatic nitrogens is 3. The van der Waals surface area contributed by atoms with E-state index in [0.717, 1.165) is 29.1 Å². The van der Waals surface area contributed by atoms with Crippen molar-refractivity contribution in [2.24, 2.45) is 11.3 Å². The third-order valence-electron chi connectivity index (χ3n) is 11.0. The van der Waals surface area contributed by atoms with E-state index in [2.05, 4.69) is 83.2 Å². The Morgan fingerprint density at radius 3 is 2.30 bits per heavy atom. The molecular weight excluding hydrogens is 721 g/mol. The topological polar surface area (TPSA) is 118 Å². The summed E-state index contributed by atoms with van der Waals surface area (Å²) in [4.78, 5) is 33.5. The first-order chi connectivity index (χ1) is 26.5. The molecule has 2 aliphatic rings. The number of pyridine rings is 1. The number of amides is 1. The van der Waals surface area contributed by atoms with Gasteiger partial charge in [0, 0.05) is 28.8 Å². The van der Waals surface area contributed by atoms with E-state index in [1.807, 2.05) is 25.1 Å². The number of ether oxygens (including phenoxy) is 1. The van der Waals surface area contributed by atoms with Gasteiger partial charge in [-0.15, -0.1) is 0 Å². The zero-order chi connectivity index (χ0) is 40.4. The number of nitrogens with zero attached hydrogens (tertiary/aromatic N) is 5. The van der Waals surface area contributed by atoms with Crippen molar-refractivity contribution < 1.29 is 17.9 Å². The lowest BCUT2D eigenvalue weighted by molar-refractivity contribution is 0.0508.